The predicted octanol–water partition coefficient (Wildman–Crippen LogP) is 2.46. The number of thioether (sulfide) groups is 1. The molecule has 0 saturated carbocycles. The van der Waals surface area contributed by atoms with Gasteiger partial charge in [-0.05, 0) is 30.5 Å². The van der Waals surface area contributed by atoms with Crippen molar-refractivity contribution in [2.24, 2.45) is 5.92 Å². The van der Waals surface area contributed by atoms with Crippen LogP contribution in [0.15, 0.2) is 18.2 Å². The Morgan fingerprint density at radius 3 is 2.64 bits per heavy atom. The van der Waals surface area contributed by atoms with Gasteiger partial charge in [-0.15, -0.1) is 11.8 Å². The van der Waals surface area contributed by atoms with Crippen LogP contribution in [0.5, 0.6) is 11.5 Å². The number of nitrogens with zero attached hydrogens (tertiary/aromatic N) is 1. The third kappa shape index (κ3) is 5.32. The molecule has 0 bridgehead atoms. The average molecular weight is 411 g/mol. The summed E-state index contributed by atoms with van der Waals surface area (Å²) < 4.78 is 15.9. The van der Waals surface area contributed by atoms with E-state index in [0.29, 0.717) is 36.8 Å². The van der Waals surface area contributed by atoms with Crippen molar-refractivity contribution in [3.8, 4) is 11.5 Å². The molecule has 0 radical (unpaired) electrons. The molecule has 1 fully saturated rings. The van der Waals surface area contributed by atoms with E-state index in [2.05, 4.69) is 5.32 Å². The van der Waals surface area contributed by atoms with Crippen LogP contribution in [0.3, 0.4) is 0 Å². The molecule has 1 aliphatic heterocycles. The lowest BCUT2D eigenvalue weighted by Crippen LogP contribution is -2.49. The number of methoxy groups -OCH3 is 3. The molecule has 2 rings (SSSR count). The van der Waals surface area contributed by atoms with Gasteiger partial charge in [0.1, 0.15) is 22.9 Å². The second kappa shape index (κ2) is 10.6. The molecule has 1 aromatic carbocycles. The summed E-state index contributed by atoms with van der Waals surface area (Å²) in [4.78, 5) is 27.4. The largest absolute Gasteiger partial charge is 0.497 e. The van der Waals surface area contributed by atoms with Gasteiger partial charge in [-0.1, -0.05) is 13.8 Å². The second-order valence-electron chi connectivity index (χ2n) is 7.00. The van der Waals surface area contributed by atoms with Gasteiger partial charge in [0.25, 0.3) is 0 Å². The molecule has 8 heteroatoms. The number of amides is 2. The van der Waals surface area contributed by atoms with Gasteiger partial charge in [-0.25, -0.2) is 0 Å². The fourth-order valence-corrected chi connectivity index (χ4v) is 4.47. The first-order valence-electron chi connectivity index (χ1n) is 9.34. The minimum atomic E-state index is -0.555. The molecule has 1 N–H and O–H groups in total. The third-order valence-corrected chi connectivity index (χ3v) is 5.76. The maximum Gasteiger partial charge on any atom is 0.242 e. The van der Waals surface area contributed by atoms with E-state index in [1.54, 1.807) is 26.2 Å². The Bertz CT molecular complexity index is 683. The van der Waals surface area contributed by atoms with Crippen molar-refractivity contribution >= 4 is 23.6 Å². The molecule has 2 amide bonds. The highest BCUT2D eigenvalue weighted by Gasteiger charge is 2.42. The molecule has 0 spiro atoms. The lowest BCUT2D eigenvalue weighted by Gasteiger charge is -2.33. The Morgan fingerprint density at radius 2 is 2.04 bits per heavy atom. The summed E-state index contributed by atoms with van der Waals surface area (Å²) in [6, 6.07) is 4.96. The van der Waals surface area contributed by atoms with Gasteiger partial charge in [-0.2, -0.15) is 0 Å². The van der Waals surface area contributed by atoms with E-state index in [1.807, 2.05) is 32.0 Å². The summed E-state index contributed by atoms with van der Waals surface area (Å²) in [5, 5.41) is 2.58. The molecule has 1 saturated heterocycles. The van der Waals surface area contributed by atoms with E-state index in [1.165, 1.54) is 11.8 Å². The van der Waals surface area contributed by atoms with E-state index >= 15 is 0 Å². The molecular formula is C20H30N2O5S. The molecule has 1 aliphatic rings. The number of rotatable bonds is 10. The quantitative estimate of drug-likeness (QED) is 0.597. The Morgan fingerprint density at radius 1 is 1.29 bits per heavy atom. The fraction of sp³-hybridized carbons (Fsp3) is 0.600. The van der Waals surface area contributed by atoms with Crippen LogP contribution < -0.4 is 14.8 Å². The van der Waals surface area contributed by atoms with E-state index in [4.69, 9.17) is 14.2 Å². The van der Waals surface area contributed by atoms with Gasteiger partial charge in [-0.3, -0.25) is 9.59 Å². The van der Waals surface area contributed by atoms with Crippen molar-refractivity contribution < 1.29 is 23.8 Å². The SMILES string of the molecule is COCCNC(=O)C(CC(C)C)N1C(=O)CSC1c1cc(OC)ccc1OC. The number of carbonyl (C=O) groups excluding carboxylic acids is 2. The minimum absolute atomic E-state index is 0.0487. The van der Waals surface area contributed by atoms with Gasteiger partial charge >= 0.3 is 0 Å². The molecular weight excluding hydrogens is 380 g/mol. The second-order valence-corrected chi connectivity index (χ2v) is 8.07. The Balaban J connectivity index is 2.37. The van der Waals surface area contributed by atoms with Crippen molar-refractivity contribution in [2.45, 2.75) is 31.7 Å². The van der Waals surface area contributed by atoms with Gasteiger partial charge in [0.2, 0.25) is 11.8 Å². The van der Waals surface area contributed by atoms with Gasteiger partial charge in [0, 0.05) is 19.2 Å². The zero-order valence-electron chi connectivity index (χ0n) is 17.2. The number of ether oxygens (including phenoxy) is 3. The van der Waals surface area contributed by atoms with Crippen LogP contribution in [0, 0.1) is 5.92 Å². The Hall–Kier alpha value is -1.93. The summed E-state index contributed by atoms with van der Waals surface area (Å²) in [7, 11) is 4.78. The molecule has 156 valence electrons. The molecule has 2 unspecified atom stereocenters. The van der Waals surface area contributed by atoms with Crippen LogP contribution in [-0.4, -0.2) is 63.0 Å². The van der Waals surface area contributed by atoms with Crippen LogP contribution in [-0.2, 0) is 14.3 Å². The number of hydrogen-bond acceptors (Lipinski definition) is 6. The lowest BCUT2D eigenvalue weighted by atomic mass is 10.0. The number of hydrogen-bond donors (Lipinski definition) is 1. The molecule has 0 aromatic heterocycles. The highest BCUT2D eigenvalue weighted by Crippen LogP contribution is 2.45. The maximum absolute atomic E-state index is 12.9. The summed E-state index contributed by atoms with van der Waals surface area (Å²) >= 11 is 1.50. The van der Waals surface area contributed by atoms with Crippen molar-refractivity contribution in [1.82, 2.24) is 10.2 Å². The monoisotopic (exact) mass is 410 g/mol. The zero-order valence-corrected chi connectivity index (χ0v) is 18.0. The summed E-state index contributed by atoms with van der Waals surface area (Å²) in [6.45, 7) is 4.93. The first-order chi connectivity index (χ1) is 13.4. The first kappa shape index (κ1) is 22.4. The molecule has 1 heterocycles. The van der Waals surface area contributed by atoms with E-state index in [-0.39, 0.29) is 23.1 Å². The smallest absolute Gasteiger partial charge is 0.242 e. The van der Waals surface area contributed by atoms with Crippen molar-refractivity contribution in [1.29, 1.82) is 0 Å². The van der Waals surface area contributed by atoms with Crippen LogP contribution in [0.2, 0.25) is 0 Å². The molecule has 7 nitrogen and oxygen atoms in total. The van der Waals surface area contributed by atoms with Crippen molar-refractivity contribution in [3.63, 3.8) is 0 Å². The maximum atomic E-state index is 12.9. The van der Waals surface area contributed by atoms with E-state index in [0.717, 1.165) is 5.56 Å². The normalized spacial score (nSPS) is 17.7. The molecule has 1 aromatic rings. The summed E-state index contributed by atoms with van der Waals surface area (Å²) in [5.41, 5.74) is 0.830. The Labute approximate surface area is 171 Å². The van der Waals surface area contributed by atoms with Crippen LogP contribution >= 0.6 is 11.8 Å². The molecule has 28 heavy (non-hydrogen) atoms. The van der Waals surface area contributed by atoms with E-state index in [9.17, 15) is 9.59 Å². The highest BCUT2D eigenvalue weighted by atomic mass is 32.2. The predicted molar refractivity (Wildman–Crippen MR) is 110 cm³/mol. The van der Waals surface area contributed by atoms with Crippen LogP contribution in [0.4, 0.5) is 0 Å². The lowest BCUT2D eigenvalue weighted by molar-refractivity contribution is -0.139. The fourth-order valence-electron chi connectivity index (χ4n) is 3.23. The first-order valence-corrected chi connectivity index (χ1v) is 10.4. The third-order valence-electron chi connectivity index (χ3n) is 4.55. The highest BCUT2D eigenvalue weighted by molar-refractivity contribution is 8.00. The zero-order chi connectivity index (χ0) is 20.7. The van der Waals surface area contributed by atoms with Crippen LogP contribution in [0.25, 0.3) is 0 Å². The average Bonchev–Trinajstić information content (AvgIpc) is 3.06. The number of carbonyl (C=O) groups is 2. The molecule has 0 aliphatic carbocycles. The minimum Gasteiger partial charge on any atom is -0.497 e. The number of nitrogens with one attached hydrogen (secondary N) is 1. The summed E-state index contributed by atoms with van der Waals surface area (Å²) in [5.74, 6) is 1.72. The summed E-state index contributed by atoms with van der Waals surface area (Å²) in [6.07, 6.45) is 0.577. The van der Waals surface area contributed by atoms with Crippen molar-refractivity contribution in [3.05, 3.63) is 23.8 Å². The Kier molecular flexibility index (Phi) is 8.44. The van der Waals surface area contributed by atoms with E-state index < -0.39 is 6.04 Å². The van der Waals surface area contributed by atoms with Crippen molar-refractivity contribution in [2.75, 3.05) is 40.2 Å². The number of benzene rings is 1. The van der Waals surface area contributed by atoms with Gasteiger partial charge in [0.15, 0.2) is 0 Å². The molecule has 2 atom stereocenters. The standard InChI is InChI=1S/C20H30N2O5S/c1-13(2)10-16(19(24)21-8-9-25-3)22-18(23)12-28-20(22)15-11-14(26-4)6-7-17(15)27-5/h6-7,11,13,16,20H,8-10,12H2,1-5H3,(H,21,24). The van der Waals surface area contributed by atoms with Gasteiger partial charge < -0.3 is 24.4 Å². The van der Waals surface area contributed by atoms with Crippen LogP contribution in [0.1, 0.15) is 31.2 Å². The van der Waals surface area contributed by atoms with Gasteiger partial charge in [0.05, 0.1) is 26.6 Å². The topological polar surface area (TPSA) is 77.1 Å².